The molecule has 0 radical (unpaired) electrons. The Bertz CT molecular complexity index is 373. The van der Waals surface area contributed by atoms with Crippen molar-refractivity contribution in [1.29, 1.82) is 0 Å². The third kappa shape index (κ3) is 1.43. The number of aromatic nitrogens is 5. The molecule has 0 aliphatic carbocycles. The summed E-state index contributed by atoms with van der Waals surface area (Å²) in [5, 5.41) is 13.3. The molecule has 0 bridgehead atoms. The van der Waals surface area contributed by atoms with Crippen LogP contribution in [-0.4, -0.2) is 25.4 Å². The predicted molar refractivity (Wildman–Crippen MR) is 46.6 cm³/mol. The van der Waals surface area contributed by atoms with Gasteiger partial charge in [0.15, 0.2) is 5.82 Å². The van der Waals surface area contributed by atoms with E-state index in [1.54, 1.807) is 12.4 Å². The predicted octanol–water partition coefficient (Wildman–Crippen LogP) is 0.215. The summed E-state index contributed by atoms with van der Waals surface area (Å²) in [6.07, 6.45) is 3.39. The standard InChI is InChI=1S/C7H10N6/c1-4(8)6-11-7(13-12-6)5-2-9-10-3-5/h2-4H,8H2,1H3,(H,9,10)(H,11,12,13). The van der Waals surface area contributed by atoms with Gasteiger partial charge in [-0.25, -0.2) is 4.98 Å². The first kappa shape index (κ1) is 7.93. The lowest BCUT2D eigenvalue weighted by molar-refractivity contribution is 0.745. The monoisotopic (exact) mass is 178 g/mol. The third-order valence-electron chi connectivity index (χ3n) is 1.69. The van der Waals surface area contributed by atoms with E-state index in [-0.39, 0.29) is 6.04 Å². The van der Waals surface area contributed by atoms with Gasteiger partial charge in [-0.2, -0.15) is 10.2 Å². The van der Waals surface area contributed by atoms with Crippen molar-refractivity contribution in [1.82, 2.24) is 25.4 Å². The summed E-state index contributed by atoms with van der Waals surface area (Å²) in [5.74, 6) is 1.29. The van der Waals surface area contributed by atoms with Crippen LogP contribution >= 0.6 is 0 Å². The minimum atomic E-state index is -0.131. The molecule has 0 aliphatic rings. The fraction of sp³-hybridized carbons (Fsp3) is 0.286. The van der Waals surface area contributed by atoms with Crippen LogP contribution in [0.1, 0.15) is 18.8 Å². The Morgan fingerprint density at radius 2 is 2.38 bits per heavy atom. The van der Waals surface area contributed by atoms with E-state index >= 15 is 0 Å². The Hall–Kier alpha value is -1.69. The van der Waals surface area contributed by atoms with Crippen LogP contribution < -0.4 is 5.73 Å². The largest absolute Gasteiger partial charge is 0.322 e. The van der Waals surface area contributed by atoms with E-state index in [0.29, 0.717) is 11.6 Å². The maximum atomic E-state index is 5.62. The van der Waals surface area contributed by atoms with E-state index in [4.69, 9.17) is 5.73 Å². The van der Waals surface area contributed by atoms with Crippen molar-refractivity contribution in [2.75, 3.05) is 0 Å². The number of hydrogen-bond donors (Lipinski definition) is 3. The Morgan fingerprint density at radius 3 is 2.92 bits per heavy atom. The number of H-pyrrole nitrogens is 2. The molecule has 6 nitrogen and oxygen atoms in total. The molecule has 0 saturated heterocycles. The smallest absolute Gasteiger partial charge is 0.184 e. The van der Waals surface area contributed by atoms with Gasteiger partial charge in [-0.1, -0.05) is 0 Å². The first-order chi connectivity index (χ1) is 6.27. The van der Waals surface area contributed by atoms with E-state index in [2.05, 4.69) is 25.4 Å². The van der Waals surface area contributed by atoms with Gasteiger partial charge in [-0.05, 0) is 6.92 Å². The van der Waals surface area contributed by atoms with Gasteiger partial charge in [0.05, 0.1) is 17.8 Å². The van der Waals surface area contributed by atoms with Crippen LogP contribution in [0, 0.1) is 0 Å². The second-order valence-corrected chi connectivity index (χ2v) is 2.82. The first-order valence-electron chi connectivity index (χ1n) is 3.94. The van der Waals surface area contributed by atoms with Crippen molar-refractivity contribution >= 4 is 0 Å². The molecular formula is C7H10N6. The zero-order valence-corrected chi connectivity index (χ0v) is 7.15. The van der Waals surface area contributed by atoms with Gasteiger partial charge in [-0.15, -0.1) is 0 Å². The molecular weight excluding hydrogens is 168 g/mol. The minimum absolute atomic E-state index is 0.131. The van der Waals surface area contributed by atoms with Crippen molar-refractivity contribution < 1.29 is 0 Å². The van der Waals surface area contributed by atoms with E-state index < -0.39 is 0 Å². The molecule has 0 aromatic carbocycles. The van der Waals surface area contributed by atoms with Gasteiger partial charge in [-0.3, -0.25) is 10.2 Å². The van der Waals surface area contributed by atoms with Crippen LogP contribution in [0.3, 0.4) is 0 Å². The highest BCUT2D eigenvalue weighted by atomic mass is 15.2. The lowest BCUT2D eigenvalue weighted by Crippen LogP contribution is -2.06. The molecule has 2 aromatic rings. The zero-order valence-electron chi connectivity index (χ0n) is 7.15. The number of nitrogens with zero attached hydrogens (tertiary/aromatic N) is 3. The average Bonchev–Trinajstić information content (AvgIpc) is 2.75. The molecule has 2 rings (SSSR count). The summed E-state index contributed by atoms with van der Waals surface area (Å²) in [6, 6.07) is -0.131. The third-order valence-corrected chi connectivity index (χ3v) is 1.69. The molecule has 4 N–H and O–H groups in total. The molecule has 0 fully saturated rings. The summed E-state index contributed by atoms with van der Waals surface area (Å²) in [6.45, 7) is 1.85. The highest BCUT2D eigenvalue weighted by molar-refractivity contribution is 5.51. The number of hydrogen-bond acceptors (Lipinski definition) is 4. The summed E-state index contributed by atoms with van der Waals surface area (Å²) in [4.78, 5) is 4.20. The maximum Gasteiger partial charge on any atom is 0.184 e. The number of rotatable bonds is 2. The Morgan fingerprint density at radius 1 is 1.54 bits per heavy atom. The van der Waals surface area contributed by atoms with Crippen LogP contribution in [0.4, 0.5) is 0 Å². The lowest BCUT2D eigenvalue weighted by Gasteiger charge is -1.95. The molecule has 13 heavy (non-hydrogen) atoms. The number of nitrogens with two attached hydrogens (primary N) is 1. The molecule has 0 spiro atoms. The van der Waals surface area contributed by atoms with E-state index in [1.807, 2.05) is 6.92 Å². The van der Waals surface area contributed by atoms with Crippen LogP contribution in [0.15, 0.2) is 12.4 Å². The van der Waals surface area contributed by atoms with Gasteiger partial charge in [0.25, 0.3) is 0 Å². The molecule has 68 valence electrons. The van der Waals surface area contributed by atoms with E-state index in [1.165, 1.54) is 0 Å². The molecule has 6 heteroatoms. The first-order valence-corrected chi connectivity index (χ1v) is 3.94. The molecule has 1 unspecified atom stereocenters. The number of nitrogens with one attached hydrogen (secondary N) is 2. The van der Waals surface area contributed by atoms with Gasteiger partial charge >= 0.3 is 0 Å². The quantitative estimate of drug-likeness (QED) is 0.612. The topological polar surface area (TPSA) is 96.3 Å². The van der Waals surface area contributed by atoms with Crippen molar-refractivity contribution in [3.05, 3.63) is 18.2 Å². The van der Waals surface area contributed by atoms with Crippen molar-refractivity contribution in [2.45, 2.75) is 13.0 Å². The van der Waals surface area contributed by atoms with Crippen LogP contribution in [0.5, 0.6) is 0 Å². The van der Waals surface area contributed by atoms with E-state index in [0.717, 1.165) is 5.56 Å². The summed E-state index contributed by atoms with van der Waals surface area (Å²) < 4.78 is 0. The second kappa shape index (κ2) is 2.98. The van der Waals surface area contributed by atoms with Crippen LogP contribution in [0.2, 0.25) is 0 Å². The van der Waals surface area contributed by atoms with Gasteiger partial charge in [0.1, 0.15) is 5.82 Å². The molecule has 0 saturated carbocycles. The summed E-state index contributed by atoms with van der Waals surface area (Å²) in [7, 11) is 0. The Kier molecular flexibility index (Phi) is 1.82. The van der Waals surface area contributed by atoms with Gasteiger partial charge in [0, 0.05) is 6.20 Å². The van der Waals surface area contributed by atoms with Crippen molar-refractivity contribution in [2.24, 2.45) is 5.73 Å². The average molecular weight is 178 g/mol. The van der Waals surface area contributed by atoms with Crippen molar-refractivity contribution in [3.8, 4) is 11.4 Å². The molecule has 2 aromatic heterocycles. The highest BCUT2D eigenvalue weighted by Gasteiger charge is 2.08. The highest BCUT2D eigenvalue weighted by Crippen LogP contribution is 2.13. The minimum Gasteiger partial charge on any atom is -0.322 e. The number of aromatic amines is 2. The Balaban J connectivity index is 2.33. The zero-order chi connectivity index (χ0) is 9.26. The molecule has 0 aliphatic heterocycles. The van der Waals surface area contributed by atoms with Gasteiger partial charge in [0.2, 0.25) is 0 Å². The summed E-state index contributed by atoms with van der Waals surface area (Å²) >= 11 is 0. The summed E-state index contributed by atoms with van der Waals surface area (Å²) in [5.41, 5.74) is 6.47. The second-order valence-electron chi connectivity index (χ2n) is 2.82. The van der Waals surface area contributed by atoms with Gasteiger partial charge < -0.3 is 5.73 Å². The van der Waals surface area contributed by atoms with Crippen molar-refractivity contribution in [3.63, 3.8) is 0 Å². The fourth-order valence-corrected chi connectivity index (χ4v) is 0.980. The SMILES string of the molecule is CC(N)c1nc(-c2cn[nH]c2)n[nH]1. The normalized spacial score (nSPS) is 13.1. The lowest BCUT2D eigenvalue weighted by atomic mass is 10.3. The maximum absolute atomic E-state index is 5.62. The van der Waals surface area contributed by atoms with E-state index in [9.17, 15) is 0 Å². The Labute approximate surface area is 74.6 Å². The van der Waals surface area contributed by atoms with Crippen LogP contribution in [0.25, 0.3) is 11.4 Å². The molecule has 0 amide bonds. The molecule has 1 atom stereocenters. The molecule has 2 heterocycles. The fourth-order valence-electron chi connectivity index (χ4n) is 0.980. The van der Waals surface area contributed by atoms with Crippen LogP contribution in [-0.2, 0) is 0 Å².